The Morgan fingerprint density at radius 2 is 1.85 bits per heavy atom. The van der Waals surface area contributed by atoms with E-state index in [1.165, 1.54) is 0 Å². The molecule has 0 aliphatic rings. The number of benzene rings is 2. The normalized spacial score (nSPS) is 13.6. The van der Waals surface area contributed by atoms with E-state index in [1.54, 1.807) is 6.92 Å². The van der Waals surface area contributed by atoms with Crippen LogP contribution in [0.5, 0.6) is 5.88 Å². The van der Waals surface area contributed by atoms with Gasteiger partial charge < -0.3 is 21.1 Å². The molecule has 0 aliphatic carbocycles. The molecular weight excluding hydrogens is 432 g/mol. The summed E-state index contributed by atoms with van der Waals surface area (Å²) in [4.78, 5) is 17.6. The van der Waals surface area contributed by atoms with Gasteiger partial charge in [0.1, 0.15) is 0 Å². The largest absolute Gasteiger partial charge is 0.463 e. The van der Waals surface area contributed by atoms with E-state index in [-0.39, 0.29) is 18.0 Å². The van der Waals surface area contributed by atoms with E-state index in [9.17, 15) is 4.79 Å². The molecule has 1 heterocycles. The standard InChI is InChI=1S/C26H32N4O2S/c1-17-8-7-11-21(14-17)18(2)29-25(31)19(3)32-26-24(28-15-22(27)16-33)13-12-23(30-26)20-9-5-4-6-10-20/h4-14,18-19,22,28,33H,15-16,27H2,1-3H3,(H,29,31)/t18?,19-,22?/m1/s1. The molecule has 4 N–H and O–H groups in total. The van der Waals surface area contributed by atoms with Crippen molar-refractivity contribution < 1.29 is 9.53 Å². The van der Waals surface area contributed by atoms with Crippen molar-refractivity contribution in [3.05, 3.63) is 77.9 Å². The molecule has 0 bridgehead atoms. The van der Waals surface area contributed by atoms with Gasteiger partial charge in [-0.2, -0.15) is 12.6 Å². The number of pyridine rings is 1. The predicted octanol–water partition coefficient (Wildman–Crippen LogP) is 4.37. The summed E-state index contributed by atoms with van der Waals surface area (Å²) in [6, 6.07) is 21.5. The zero-order chi connectivity index (χ0) is 23.8. The Hall–Kier alpha value is -3.03. The molecule has 2 aromatic carbocycles. The molecule has 6 nitrogen and oxygen atoms in total. The highest BCUT2D eigenvalue weighted by molar-refractivity contribution is 7.80. The van der Waals surface area contributed by atoms with E-state index < -0.39 is 6.10 Å². The zero-order valence-electron chi connectivity index (χ0n) is 19.3. The Balaban J connectivity index is 1.77. The second kappa shape index (κ2) is 11.7. The minimum atomic E-state index is -0.741. The average Bonchev–Trinajstić information content (AvgIpc) is 2.83. The van der Waals surface area contributed by atoms with E-state index >= 15 is 0 Å². The van der Waals surface area contributed by atoms with E-state index in [0.717, 1.165) is 22.4 Å². The number of hydrogen-bond donors (Lipinski definition) is 4. The molecule has 0 aliphatic heterocycles. The van der Waals surface area contributed by atoms with E-state index in [1.807, 2.05) is 74.5 Å². The molecular formula is C26H32N4O2S. The Bertz CT molecular complexity index is 1060. The van der Waals surface area contributed by atoms with Crippen molar-refractivity contribution in [3.8, 4) is 17.1 Å². The van der Waals surface area contributed by atoms with Crippen LogP contribution in [0.2, 0.25) is 0 Å². The number of thiol groups is 1. The summed E-state index contributed by atoms with van der Waals surface area (Å²) in [6.07, 6.45) is -0.741. The lowest BCUT2D eigenvalue weighted by molar-refractivity contribution is -0.128. The van der Waals surface area contributed by atoms with Gasteiger partial charge in [0.15, 0.2) is 6.10 Å². The molecule has 174 valence electrons. The van der Waals surface area contributed by atoms with Crippen LogP contribution in [0.25, 0.3) is 11.3 Å². The highest BCUT2D eigenvalue weighted by Gasteiger charge is 2.20. The lowest BCUT2D eigenvalue weighted by Crippen LogP contribution is -2.38. The number of rotatable bonds is 10. The Morgan fingerprint density at radius 1 is 1.09 bits per heavy atom. The summed E-state index contributed by atoms with van der Waals surface area (Å²) in [6.45, 7) is 6.22. The second-order valence-electron chi connectivity index (χ2n) is 8.14. The van der Waals surface area contributed by atoms with Crippen LogP contribution in [0, 0.1) is 6.92 Å². The van der Waals surface area contributed by atoms with Crippen molar-refractivity contribution in [2.75, 3.05) is 17.6 Å². The molecule has 33 heavy (non-hydrogen) atoms. The summed E-state index contributed by atoms with van der Waals surface area (Å²) in [5.41, 5.74) is 10.6. The zero-order valence-corrected chi connectivity index (χ0v) is 20.2. The molecule has 1 amide bonds. The first-order chi connectivity index (χ1) is 15.9. The first kappa shape index (κ1) is 24.6. The molecule has 0 saturated heterocycles. The number of carbonyl (C=O) groups is 1. The summed E-state index contributed by atoms with van der Waals surface area (Å²) >= 11 is 4.24. The predicted molar refractivity (Wildman–Crippen MR) is 138 cm³/mol. The van der Waals surface area contributed by atoms with Crippen LogP contribution in [0.4, 0.5) is 5.69 Å². The molecule has 1 aromatic heterocycles. The third-order valence-electron chi connectivity index (χ3n) is 5.28. The van der Waals surface area contributed by atoms with Gasteiger partial charge in [0.25, 0.3) is 5.91 Å². The molecule has 0 fully saturated rings. The fraction of sp³-hybridized carbons (Fsp3) is 0.308. The number of aromatic nitrogens is 1. The lowest BCUT2D eigenvalue weighted by atomic mass is 10.1. The summed E-state index contributed by atoms with van der Waals surface area (Å²) in [5.74, 6) is 0.691. The first-order valence-electron chi connectivity index (χ1n) is 11.1. The smallest absolute Gasteiger partial charge is 0.261 e. The summed E-state index contributed by atoms with van der Waals surface area (Å²) < 4.78 is 6.05. The maximum atomic E-state index is 12.9. The highest BCUT2D eigenvalue weighted by atomic mass is 32.1. The van der Waals surface area contributed by atoms with Gasteiger partial charge in [0.2, 0.25) is 5.88 Å². The minimum Gasteiger partial charge on any atom is -0.463 e. The maximum Gasteiger partial charge on any atom is 0.261 e. The third-order valence-corrected chi connectivity index (χ3v) is 5.75. The molecule has 3 rings (SSSR count). The quantitative estimate of drug-likeness (QED) is 0.335. The average molecular weight is 465 g/mol. The second-order valence-corrected chi connectivity index (χ2v) is 8.51. The van der Waals surface area contributed by atoms with Crippen LogP contribution in [0.3, 0.4) is 0 Å². The van der Waals surface area contributed by atoms with Gasteiger partial charge in [0.05, 0.1) is 17.4 Å². The van der Waals surface area contributed by atoms with E-state index in [4.69, 9.17) is 15.5 Å². The maximum absolute atomic E-state index is 12.9. The topological polar surface area (TPSA) is 89.3 Å². The Labute approximate surface area is 201 Å². The van der Waals surface area contributed by atoms with Crippen LogP contribution >= 0.6 is 12.6 Å². The number of nitrogens with one attached hydrogen (secondary N) is 2. The number of anilines is 1. The van der Waals surface area contributed by atoms with Gasteiger partial charge in [-0.05, 0) is 38.5 Å². The van der Waals surface area contributed by atoms with Crippen LogP contribution in [-0.2, 0) is 4.79 Å². The molecule has 0 radical (unpaired) electrons. The van der Waals surface area contributed by atoms with Crippen molar-refractivity contribution in [1.82, 2.24) is 10.3 Å². The van der Waals surface area contributed by atoms with Crippen LogP contribution in [-0.4, -0.2) is 35.3 Å². The number of aryl methyl sites for hydroxylation is 1. The van der Waals surface area contributed by atoms with Crippen LogP contribution in [0.15, 0.2) is 66.7 Å². The highest BCUT2D eigenvalue weighted by Crippen LogP contribution is 2.28. The molecule has 7 heteroatoms. The minimum absolute atomic E-state index is 0.120. The van der Waals surface area contributed by atoms with Crippen molar-refractivity contribution in [2.45, 2.75) is 39.0 Å². The van der Waals surface area contributed by atoms with Gasteiger partial charge in [-0.1, -0.05) is 60.2 Å². The first-order valence-corrected chi connectivity index (χ1v) is 11.7. The molecule has 3 atom stereocenters. The van der Waals surface area contributed by atoms with E-state index in [0.29, 0.717) is 23.9 Å². The number of nitrogens with zero attached hydrogens (tertiary/aromatic N) is 1. The number of hydrogen-bond acceptors (Lipinski definition) is 6. The number of ether oxygens (including phenoxy) is 1. The number of nitrogens with two attached hydrogens (primary N) is 1. The van der Waals surface area contributed by atoms with Gasteiger partial charge in [0, 0.05) is 23.9 Å². The summed E-state index contributed by atoms with van der Waals surface area (Å²) in [7, 11) is 0. The van der Waals surface area contributed by atoms with Crippen molar-refractivity contribution in [3.63, 3.8) is 0 Å². The van der Waals surface area contributed by atoms with Crippen LogP contribution < -0.4 is 21.1 Å². The van der Waals surface area contributed by atoms with E-state index in [2.05, 4.69) is 29.3 Å². The Kier molecular flexibility index (Phi) is 8.74. The molecule has 3 aromatic rings. The van der Waals surface area contributed by atoms with Crippen molar-refractivity contribution in [2.24, 2.45) is 5.73 Å². The fourth-order valence-electron chi connectivity index (χ4n) is 3.31. The van der Waals surface area contributed by atoms with Gasteiger partial charge in [-0.3, -0.25) is 4.79 Å². The van der Waals surface area contributed by atoms with Gasteiger partial charge in [-0.15, -0.1) is 0 Å². The number of amides is 1. The van der Waals surface area contributed by atoms with Crippen LogP contribution in [0.1, 0.15) is 31.0 Å². The van der Waals surface area contributed by atoms with Gasteiger partial charge in [-0.25, -0.2) is 4.98 Å². The molecule has 0 saturated carbocycles. The molecule has 2 unspecified atom stereocenters. The Morgan fingerprint density at radius 3 is 2.55 bits per heavy atom. The summed E-state index contributed by atoms with van der Waals surface area (Å²) in [5, 5.41) is 6.29. The monoisotopic (exact) mass is 464 g/mol. The number of carbonyl (C=O) groups excluding carboxylic acids is 1. The van der Waals surface area contributed by atoms with Gasteiger partial charge >= 0.3 is 0 Å². The lowest BCUT2D eigenvalue weighted by Gasteiger charge is -2.21. The fourth-order valence-corrected chi connectivity index (χ4v) is 3.44. The third kappa shape index (κ3) is 6.97. The molecule has 0 spiro atoms. The van der Waals surface area contributed by atoms with Crippen molar-refractivity contribution >= 4 is 24.2 Å². The SMILES string of the molecule is Cc1cccc(C(C)NC(=O)[C@@H](C)Oc2nc(-c3ccccc3)ccc2NCC(N)CS)c1. The van der Waals surface area contributed by atoms with Crippen molar-refractivity contribution in [1.29, 1.82) is 0 Å².